The SMILES string of the molecule is CC(C)(C)CNc1c(C#N)cnc2c(Cl)cc(N[C@H](C3=CN(C4(C(F)F)CC4)NN3)c3ccccc3)cc12. The van der Waals surface area contributed by atoms with Crippen LogP contribution in [0, 0.1) is 16.7 Å². The minimum absolute atomic E-state index is 0.0168. The summed E-state index contributed by atoms with van der Waals surface area (Å²) in [5, 5.41) is 19.3. The molecule has 0 saturated heterocycles. The number of hydrogen-bond acceptors (Lipinski definition) is 7. The molecule has 0 spiro atoms. The number of rotatable bonds is 8. The molecule has 7 nitrogen and oxygen atoms in total. The van der Waals surface area contributed by atoms with Crippen LogP contribution in [0.25, 0.3) is 10.9 Å². The molecule has 1 saturated carbocycles. The zero-order valence-electron chi connectivity index (χ0n) is 21.4. The average molecular weight is 538 g/mol. The fourth-order valence-corrected chi connectivity index (χ4v) is 4.80. The van der Waals surface area contributed by atoms with Crippen LogP contribution >= 0.6 is 11.6 Å². The number of aromatic nitrogens is 1. The van der Waals surface area contributed by atoms with Crippen LogP contribution in [0.3, 0.4) is 0 Å². The summed E-state index contributed by atoms with van der Waals surface area (Å²) in [6, 6.07) is 15.3. The van der Waals surface area contributed by atoms with Gasteiger partial charge in [-0.2, -0.15) is 5.26 Å². The fourth-order valence-electron chi connectivity index (χ4n) is 4.53. The summed E-state index contributed by atoms with van der Waals surface area (Å²) in [4.78, 5) is 4.44. The molecule has 0 unspecified atom stereocenters. The maximum atomic E-state index is 13.8. The minimum atomic E-state index is -2.46. The van der Waals surface area contributed by atoms with E-state index in [0.29, 0.717) is 52.6 Å². The zero-order chi connectivity index (χ0) is 27.1. The standard InChI is InChI=1S/C28H30ClF2N7/c1-27(2,3)16-34-23-18(13-32)14-33-25-20(23)11-19(12-21(25)29)35-24(17-7-5-4-6-8-17)22-15-38(37-36-22)28(9-10-28)26(30)31/h4-8,11-12,14-15,24,26,35-37H,9-10,16H2,1-3H3,(H,33,34)/t24-/m0/s1. The van der Waals surface area contributed by atoms with E-state index in [-0.39, 0.29) is 5.41 Å². The molecule has 198 valence electrons. The van der Waals surface area contributed by atoms with Gasteiger partial charge in [0.25, 0.3) is 6.43 Å². The van der Waals surface area contributed by atoms with Crippen molar-refractivity contribution < 1.29 is 8.78 Å². The van der Waals surface area contributed by atoms with Crippen LogP contribution < -0.4 is 21.6 Å². The van der Waals surface area contributed by atoms with Crippen LogP contribution in [0.4, 0.5) is 20.2 Å². The molecule has 1 fully saturated rings. The minimum Gasteiger partial charge on any atom is -0.383 e. The summed E-state index contributed by atoms with van der Waals surface area (Å²) in [6.45, 7) is 6.98. The lowest BCUT2D eigenvalue weighted by atomic mass is 9.96. The molecule has 2 aliphatic rings. The van der Waals surface area contributed by atoms with E-state index in [4.69, 9.17) is 11.6 Å². The Hall–Kier alpha value is -3.61. The summed E-state index contributed by atoms with van der Waals surface area (Å²) in [5.41, 5.74) is 8.80. The molecule has 1 aromatic heterocycles. The van der Waals surface area contributed by atoms with Crippen LogP contribution in [0.5, 0.6) is 0 Å². The number of benzene rings is 2. The summed E-state index contributed by atoms with van der Waals surface area (Å²) in [7, 11) is 0. The van der Waals surface area contributed by atoms with Crippen molar-refractivity contribution in [2.24, 2.45) is 5.41 Å². The second kappa shape index (κ2) is 9.93. The van der Waals surface area contributed by atoms with E-state index in [1.165, 1.54) is 11.2 Å². The molecule has 10 heteroatoms. The lowest BCUT2D eigenvalue weighted by Crippen LogP contribution is -2.48. The zero-order valence-corrected chi connectivity index (χ0v) is 22.2. The molecule has 1 aliphatic heterocycles. The highest BCUT2D eigenvalue weighted by Gasteiger charge is 2.56. The van der Waals surface area contributed by atoms with Gasteiger partial charge < -0.3 is 16.1 Å². The van der Waals surface area contributed by atoms with Gasteiger partial charge in [0.05, 0.1) is 33.5 Å². The Morgan fingerprint density at radius 3 is 2.58 bits per heavy atom. The second-order valence-electron chi connectivity index (χ2n) is 11.0. The number of nitrogens with one attached hydrogen (secondary N) is 4. The summed E-state index contributed by atoms with van der Waals surface area (Å²) in [5.74, 6) is 0. The van der Waals surface area contributed by atoms with E-state index in [1.807, 2.05) is 36.4 Å². The van der Waals surface area contributed by atoms with Crippen molar-refractivity contribution >= 4 is 33.9 Å². The van der Waals surface area contributed by atoms with E-state index in [2.05, 4.69) is 53.4 Å². The van der Waals surface area contributed by atoms with Gasteiger partial charge in [-0.1, -0.05) is 62.7 Å². The van der Waals surface area contributed by atoms with Crippen molar-refractivity contribution in [2.45, 2.75) is 51.6 Å². The van der Waals surface area contributed by atoms with Crippen LogP contribution in [-0.2, 0) is 0 Å². The van der Waals surface area contributed by atoms with Crippen molar-refractivity contribution in [2.75, 3.05) is 17.2 Å². The van der Waals surface area contributed by atoms with Gasteiger partial charge in [0.15, 0.2) is 0 Å². The van der Waals surface area contributed by atoms with Crippen molar-refractivity contribution in [3.05, 3.63) is 76.7 Å². The Bertz CT molecular complexity index is 1410. The molecule has 1 aliphatic carbocycles. The van der Waals surface area contributed by atoms with Crippen molar-refractivity contribution in [3.8, 4) is 6.07 Å². The maximum absolute atomic E-state index is 13.8. The van der Waals surface area contributed by atoms with Crippen molar-refractivity contribution in [1.29, 1.82) is 5.26 Å². The molecule has 0 radical (unpaired) electrons. The predicted molar refractivity (Wildman–Crippen MR) is 146 cm³/mol. The van der Waals surface area contributed by atoms with Gasteiger partial charge in [-0.25, -0.2) is 8.78 Å². The molecule has 38 heavy (non-hydrogen) atoms. The van der Waals surface area contributed by atoms with Gasteiger partial charge in [-0.15, -0.1) is 5.53 Å². The number of hydrogen-bond donors (Lipinski definition) is 4. The van der Waals surface area contributed by atoms with Gasteiger partial charge in [-0.05, 0) is 36.0 Å². The lowest BCUT2D eigenvalue weighted by Gasteiger charge is -2.25. The molecule has 2 heterocycles. The molecule has 0 amide bonds. The van der Waals surface area contributed by atoms with E-state index in [0.717, 1.165) is 10.9 Å². The molecule has 5 rings (SSSR count). The van der Waals surface area contributed by atoms with Crippen LogP contribution in [0.15, 0.2) is 60.6 Å². The second-order valence-corrected chi connectivity index (χ2v) is 11.4. The van der Waals surface area contributed by atoms with E-state index in [9.17, 15) is 14.0 Å². The van der Waals surface area contributed by atoms with Gasteiger partial charge >= 0.3 is 0 Å². The molecule has 4 N–H and O–H groups in total. The first-order valence-corrected chi connectivity index (χ1v) is 12.9. The monoisotopic (exact) mass is 537 g/mol. The highest BCUT2D eigenvalue weighted by atomic mass is 35.5. The van der Waals surface area contributed by atoms with Crippen LogP contribution in [0.1, 0.15) is 50.8 Å². The van der Waals surface area contributed by atoms with Gasteiger partial charge in [0.2, 0.25) is 0 Å². The topological polar surface area (TPSA) is 88.0 Å². The Kier molecular flexibility index (Phi) is 6.80. The third-order valence-electron chi connectivity index (χ3n) is 6.83. The van der Waals surface area contributed by atoms with Crippen LogP contribution in [-0.4, -0.2) is 28.5 Å². The normalized spacial score (nSPS) is 17.1. The first-order chi connectivity index (χ1) is 18.1. The average Bonchev–Trinajstić information content (AvgIpc) is 3.56. The maximum Gasteiger partial charge on any atom is 0.262 e. The number of nitrogens with zero attached hydrogens (tertiary/aromatic N) is 3. The van der Waals surface area contributed by atoms with Crippen molar-refractivity contribution in [1.82, 2.24) is 21.0 Å². The molecular formula is C28H30ClF2N7. The number of alkyl halides is 2. The van der Waals surface area contributed by atoms with Gasteiger partial charge in [-0.3, -0.25) is 9.99 Å². The highest BCUT2D eigenvalue weighted by molar-refractivity contribution is 6.35. The predicted octanol–water partition coefficient (Wildman–Crippen LogP) is 6.33. The van der Waals surface area contributed by atoms with Crippen LogP contribution in [0.2, 0.25) is 5.02 Å². The molecular weight excluding hydrogens is 508 g/mol. The summed E-state index contributed by atoms with van der Waals surface area (Å²) in [6.07, 6.45) is 1.62. The summed E-state index contributed by atoms with van der Waals surface area (Å²) >= 11 is 6.69. The third-order valence-corrected chi connectivity index (χ3v) is 7.12. The number of anilines is 2. The number of fused-ring (bicyclic) bond motifs is 1. The number of nitriles is 1. The Morgan fingerprint density at radius 2 is 1.95 bits per heavy atom. The highest BCUT2D eigenvalue weighted by Crippen LogP contribution is 2.47. The largest absolute Gasteiger partial charge is 0.383 e. The van der Waals surface area contributed by atoms with Gasteiger partial charge in [0.1, 0.15) is 11.6 Å². The summed E-state index contributed by atoms with van der Waals surface area (Å²) < 4.78 is 27.5. The fraction of sp³-hybridized carbons (Fsp3) is 0.357. The molecule has 0 bridgehead atoms. The Morgan fingerprint density at radius 1 is 1.21 bits per heavy atom. The Labute approximate surface area is 225 Å². The number of halogens is 3. The van der Waals surface area contributed by atoms with E-state index in [1.54, 1.807) is 12.3 Å². The Balaban J connectivity index is 1.54. The first-order valence-electron chi connectivity index (χ1n) is 12.5. The number of pyridine rings is 1. The number of hydrazine groups is 2. The third kappa shape index (κ3) is 5.06. The van der Waals surface area contributed by atoms with Crippen molar-refractivity contribution in [3.63, 3.8) is 0 Å². The van der Waals surface area contributed by atoms with E-state index >= 15 is 0 Å². The molecule has 2 aromatic carbocycles. The molecule has 1 atom stereocenters. The lowest BCUT2D eigenvalue weighted by molar-refractivity contribution is 0.00911. The first kappa shape index (κ1) is 26.0. The van der Waals surface area contributed by atoms with E-state index < -0.39 is 18.0 Å². The smallest absolute Gasteiger partial charge is 0.262 e. The van der Waals surface area contributed by atoms with Gasteiger partial charge in [0, 0.05) is 30.0 Å². The molecule has 3 aromatic rings. The quantitative estimate of drug-likeness (QED) is 0.267.